The van der Waals surface area contributed by atoms with E-state index in [4.69, 9.17) is 9.84 Å². The SMILES string of the molecule is Cc1cc(OCCC2NC(C(=O)O)CS2)ccc1Br. The van der Waals surface area contributed by atoms with Gasteiger partial charge in [0.2, 0.25) is 0 Å². The van der Waals surface area contributed by atoms with Gasteiger partial charge in [-0.05, 0) is 30.7 Å². The minimum Gasteiger partial charge on any atom is -0.493 e. The molecule has 2 unspecified atom stereocenters. The lowest BCUT2D eigenvalue weighted by Gasteiger charge is -2.12. The lowest BCUT2D eigenvalue weighted by Crippen LogP contribution is -2.36. The summed E-state index contributed by atoms with van der Waals surface area (Å²) in [6.07, 6.45) is 0.795. The van der Waals surface area contributed by atoms with Crippen LogP contribution in [0.25, 0.3) is 0 Å². The van der Waals surface area contributed by atoms with Gasteiger partial charge in [0.25, 0.3) is 0 Å². The van der Waals surface area contributed by atoms with Gasteiger partial charge in [-0.25, -0.2) is 0 Å². The van der Waals surface area contributed by atoms with E-state index in [-0.39, 0.29) is 5.37 Å². The molecular formula is C13H16BrNO3S. The van der Waals surface area contributed by atoms with Crippen molar-refractivity contribution in [1.82, 2.24) is 5.32 Å². The van der Waals surface area contributed by atoms with Gasteiger partial charge in [0, 0.05) is 16.6 Å². The number of carboxylic acids is 1. The third-order valence-electron chi connectivity index (χ3n) is 2.93. The van der Waals surface area contributed by atoms with Crippen molar-refractivity contribution < 1.29 is 14.6 Å². The van der Waals surface area contributed by atoms with Crippen molar-refractivity contribution >= 4 is 33.7 Å². The van der Waals surface area contributed by atoms with Crippen LogP contribution in [0.4, 0.5) is 0 Å². The quantitative estimate of drug-likeness (QED) is 0.858. The van der Waals surface area contributed by atoms with Crippen molar-refractivity contribution in [2.75, 3.05) is 12.4 Å². The fourth-order valence-electron chi connectivity index (χ4n) is 1.83. The number of hydrogen-bond donors (Lipinski definition) is 2. The first kappa shape index (κ1) is 14.7. The molecule has 1 fully saturated rings. The number of nitrogens with one attached hydrogen (secondary N) is 1. The van der Waals surface area contributed by atoms with E-state index in [0.29, 0.717) is 12.4 Å². The highest BCUT2D eigenvalue weighted by Gasteiger charge is 2.28. The van der Waals surface area contributed by atoms with E-state index in [2.05, 4.69) is 21.2 Å². The molecule has 4 nitrogen and oxygen atoms in total. The number of benzene rings is 1. The Hall–Kier alpha value is -0.720. The van der Waals surface area contributed by atoms with Gasteiger partial charge in [-0.2, -0.15) is 0 Å². The molecule has 1 heterocycles. The number of carboxylic acid groups (broad SMARTS) is 1. The van der Waals surface area contributed by atoms with Crippen LogP contribution in [0, 0.1) is 6.92 Å². The first-order chi connectivity index (χ1) is 9.06. The Bertz CT molecular complexity index is 469. The Morgan fingerprint density at radius 3 is 3.05 bits per heavy atom. The first-order valence-corrected chi connectivity index (χ1v) is 7.90. The number of aryl methyl sites for hydroxylation is 1. The van der Waals surface area contributed by atoms with Crippen molar-refractivity contribution in [2.24, 2.45) is 0 Å². The van der Waals surface area contributed by atoms with E-state index in [1.54, 1.807) is 11.8 Å². The van der Waals surface area contributed by atoms with Crippen LogP contribution in [0.1, 0.15) is 12.0 Å². The normalized spacial score (nSPS) is 22.4. The van der Waals surface area contributed by atoms with Crippen LogP contribution >= 0.6 is 27.7 Å². The second-order valence-corrected chi connectivity index (χ2v) is 6.52. The molecule has 0 radical (unpaired) electrons. The minimum absolute atomic E-state index is 0.164. The lowest BCUT2D eigenvalue weighted by molar-refractivity contribution is -0.138. The van der Waals surface area contributed by atoms with Crippen molar-refractivity contribution in [3.63, 3.8) is 0 Å². The summed E-state index contributed by atoms with van der Waals surface area (Å²) in [7, 11) is 0. The summed E-state index contributed by atoms with van der Waals surface area (Å²) in [5.41, 5.74) is 1.14. The monoisotopic (exact) mass is 345 g/mol. The third kappa shape index (κ3) is 4.12. The van der Waals surface area contributed by atoms with Crippen molar-refractivity contribution in [1.29, 1.82) is 0 Å². The molecule has 2 N–H and O–H groups in total. The van der Waals surface area contributed by atoms with E-state index >= 15 is 0 Å². The predicted octanol–water partition coefficient (Wildman–Crippen LogP) is 2.64. The van der Waals surface area contributed by atoms with Gasteiger partial charge >= 0.3 is 5.97 Å². The van der Waals surface area contributed by atoms with Gasteiger partial charge < -0.3 is 9.84 Å². The maximum atomic E-state index is 10.8. The molecule has 0 saturated carbocycles. The summed E-state index contributed by atoms with van der Waals surface area (Å²) in [5.74, 6) is 0.690. The second kappa shape index (κ2) is 6.63. The number of hydrogen-bond acceptors (Lipinski definition) is 4. The Kier molecular flexibility index (Phi) is 5.13. The van der Waals surface area contributed by atoms with Crippen LogP contribution in [0.5, 0.6) is 5.75 Å². The molecule has 1 aromatic rings. The second-order valence-electron chi connectivity index (χ2n) is 4.43. The van der Waals surface area contributed by atoms with Crippen molar-refractivity contribution in [3.8, 4) is 5.75 Å². The number of ether oxygens (including phenoxy) is 1. The van der Waals surface area contributed by atoms with Crippen LogP contribution in [0.3, 0.4) is 0 Å². The third-order valence-corrected chi connectivity index (χ3v) is 5.12. The number of rotatable bonds is 5. The zero-order chi connectivity index (χ0) is 13.8. The van der Waals surface area contributed by atoms with Crippen LogP contribution in [-0.2, 0) is 4.79 Å². The molecule has 0 bridgehead atoms. The van der Waals surface area contributed by atoms with Crippen LogP contribution < -0.4 is 10.1 Å². The molecular weight excluding hydrogens is 330 g/mol. The molecule has 1 aromatic carbocycles. The Morgan fingerprint density at radius 1 is 1.63 bits per heavy atom. The van der Waals surface area contributed by atoms with Gasteiger partial charge in [0.05, 0.1) is 12.0 Å². The van der Waals surface area contributed by atoms with Crippen LogP contribution in [-0.4, -0.2) is 34.9 Å². The molecule has 0 aromatic heterocycles. The number of halogens is 1. The standard InChI is InChI=1S/C13H16BrNO3S/c1-8-6-9(2-3-10(8)14)18-5-4-12-15-11(7-19-12)13(16)17/h2-3,6,11-12,15H,4-5,7H2,1H3,(H,16,17). The number of aliphatic carboxylic acids is 1. The summed E-state index contributed by atoms with van der Waals surface area (Å²) in [6.45, 7) is 2.60. The van der Waals surface area contributed by atoms with E-state index < -0.39 is 12.0 Å². The number of carbonyl (C=O) groups is 1. The van der Waals surface area contributed by atoms with Crippen LogP contribution in [0.15, 0.2) is 22.7 Å². The van der Waals surface area contributed by atoms with Gasteiger partial charge in [-0.1, -0.05) is 15.9 Å². The van der Waals surface area contributed by atoms with Crippen molar-refractivity contribution in [2.45, 2.75) is 24.8 Å². The molecule has 1 aliphatic rings. The summed E-state index contributed by atoms with van der Waals surface area (Å²) < 4.78 is 6.74. The zero-order valence-corrected chi connectivity index (χ0v) is 13.0. The molecule has 0 aliphatic carbocycles. The highest BCUT2D eigenvalue weighted by molar-refractivity contribution is 9.10. The van der Waals surface area contributed by atoms with E-state index in [0.717, 1.165) is 22.2 Å². The Morgan fingerprint density at radius 2 is 2.42 bits per heavy atom. The molecule has 0 amide bonds. The first-order valence-electron chi connectivity index (χ1n) is 6.05. The zero-order valence-electron chi connectivity index (χ0n) is 10.6. The largest absolute Gasteiger partial charge is 0.493 e. The van der Waals surface area contributed by atoms with Gasteiger partial charge in [0.15, 0.2) is 0 Å². The highest BCUT2D eigenvalue weighted by Crippen LogP contribution is 2.24. The fraction of sp³-hybridized carbons (Fsp3) is 0.462. The Balaban J connectivity index is 1.75. The fourth-order valence-corrected chi connectivity index (χ4v) is 3.27. The summed E-state index contributed by atoms with van der Waals surface area (Å²) >= 11 is 5.09. The maximum Gasteiger partial charge on any atom is 0.321 e. The average Bonchev–Trinajstić information content (AvgIpc) is 2.83. The molecule has 104 valence electrons. The number of thioether (sulfide) groups is 1. The highest BCUT2D eigenvalue weighted by atomic mass is 79.9. The topological polar surface area (TPSA) is 58.6 Å². The Labute approximate surface area is 125 Å². The smallest absolute Gasteiger partial charge is 0.321 e. The average molecular weight is 346 g/mol. The molecule has 2 atom stereocenters. The van der Waals surface area contributed by atoms with E-state index in [1.807, 2.05) is 25.1 Å². The molecule has 6 heteroatoms. The predicted molar refractivity (Wildman–Crippen MR) is 79.8 cm³/mol. The van der Waals surface area contributed by atoms with Gasteiger partial charge in [-0.15, -0.1) is 11.8 Å². The van der Waals surface area contributed by atoms with Gasteiger partial charge in [-0.3, -0.25) is 10.1 Å². The summed E-state index contributed by atoms with van der Waals surface area (Å²) in [5, 5.41) is 12.1. The maximum absolute atomic E-state index is 10.8. The van der Waals surface area contributed by atoms with Gasteiger partial charge in [0.1, 0.15) is 11.8 Å². The molecule has 1 saturated heterocycles. The lowest BCUT2D eigenvalue weighted by atomic mass is 10.2. The molecule has 1 aliphatic heterocycles. The van der Waals surface area contributed by atoms with E-state index in [9.17, 15) is 4.79 Å². The molecule has 2 rings (SSSR count). The summed E-state index contributed by atoms with van der Waals surface area (Å²) in [4.78, 5) is 10.8. The molecule has 0 spiro atoms. The van der Waals surface area contributed by atoms with E-state index in [1.165, 1.54) is 0 Å². The van der Waals surface area contributed by atoms with Crippen LogP contribution in [0.2, 0.25) is 0 Å². The van der Waals surface area contributed by atoms with Crippen molar-refractivity contribution in [3.05, 3.63) is 28.2 Å². The molecule has 19 heavy (non-hydrogen) atoms. The minimum atomic E-state index is -0.778. The summed E-state index contributed by atoms with van der Waals surface area (Å²) in [6, 6.07) is 5.45.